The number of alkyl halides is 3. The number of rotatable bonds is 5. The van der Waals surface area contributed by atoms with Gasteiger partial charge < -0.3 is 10.6 Å². The number of amides is 2. The van der Waals surface area contributed by atoms with Gasteiger partial charge in [-0.05, 0) is 48.9 Å². The van der Waals surface area contributed by atoms with Gasteiger partial charge in [-0.2, -0.15) is 13.2 Å². The van der Waals surface area contributed by atoms with E-state index in [-0.39, 0.29) is 17.7 Å². The fourth-order valence-electron chi connectivity index (χ4n) is 2.22. The zero-order valence-electron chi connectivity index (χ0n) is 13.7. The van der Waals surface area contributed by atoms with Crippen LogP contribution >= 0.6 is 0 Å². The summed E-state index contributed by atoms with van der Waals surface area (Å²) in [6, 6.07) is 8.74. The largest absolute Gasteiger partial charge is 0.416 e. The SMILES string of the molecule is CC(NC(=O)CNC(=O)c1ccc(F)cc1)c1cccc(C(F)(F)F)c1. The second-order valence-electron chi connectivity index (χ2n) is 5.60. The van der Waals surface area contributed by atoms with Crippen LogP contribution in [0.25, 0.3) is 0 Å². The number of hydrogen-bond acceptors (Lipinski definition) is 2. The van der Waals surface area contributed by atoms with Crippen molar-refractivity contribution in [3.05, 3.63) is 71.0 Å². The fraction of sp³-hybridized carbons (Fsp3) is 0.222. The third-order valence-electron chi connectivity index (χ3n) is 3.61. The van der Waals surface area contributed by atoms with E-state index < -0.39 is 35.4 Å². The Kier molecular flexibility index (Phi) is 5.97. The van der Waals surface area contributed by atoms with E-state index in [1.165, 1.54) is 31.2 Å². The summed E-state index contributed by atoms with van der Waals surface area (Å²) in [7, 11) is 0. The number of carbonyl (C=O) groups excluding carboxylic acids is 2. The molecule has 2 amide bonds. The van der Waals surface area contributed by atoms with Crippen molar-refractivity contribution in [1.29, 1.82) is 0 Å². The molecule has 0 spiro atoms. The summed E-state index contributed by atoms with van der Waals surface area (Å²) in [6.45, 7) is 1.18. The molecule has 0 aliphatic rings. The minimum absolute atomic E-state index is 0.185. The number of carbonyl (C=O) groups is 2. The highest BCUT2D eigenvalue weighted by molar-refractivity contribution is 5.96. The van der Waals surface area contributed by atoms with Crippen molar-refractivity contribution in [2.24, 2.45) is 0 Å². The maximum atomic E-state index is 12.8. The van der Waals surface area contributed by atoms with E-state index in [4.69, 9.17) is 0 Å². The third kappa shape index (κ3) is 5.30. The van der Waals surface area contributed by atoms with Gasteiger partial charge in [0.15, 0.2) is 0 Å². The predicted octanol–water partition coefficient (Wildman–Crippen LogP) is 3.45. The third-order valence-corrected chi connectivity index (χ3v) is 3.61. The first kappa shape index (κ1) is 19.4. The lowest BCUT2D eigenvalue weighted by molar-refractivity contribution is -0.137. The zero-order chi connectivity index (χ0) is 19.3. The van der Waals surface area contributed by atoms with Crippen LogP contribution in [0.15, 0.2) is 48.5 Å². The second-order valence-corrected chi connectivity index (χ2v) is 5.60. The van der Waals surface area contributed by atoms with Crippen LogP contribution in [0, 0.1) is 5.82 Å². The molecule has 1 unspecified atom stereocenters. The number of hydrogen-bond donors (Lipinski definition) is 2. The average Bonchev–Trinajstić information content (AvgIpc) is 2.59. The minimum Gasteiger partial charge on any atom is -0.348 e. The summed E-state index contributed by atoms with van der Waals surface area (Å²) in [5.41, 5.74) is -0.330. The molecule has 2 aromatic rings. The molecule has 2 aromatic carbocycles. The maximum Gasteiger partial charge on any atom is 0.416 e. The van der Waals surface area contributed by atoms with E-state index in [1.807, 2.05) is 0 Å². The van der Waals surface area contributed by atoms with Gasteiger partial charge in [0.2, 0.25) is 5.91 Å². The van der Waals surface area contributed by atoms with Crippen molar-refractivity contribution in [2.75, 3.05) is 6.54 Å². The standard InChI is InChI=1S/C18H16F4N2O2/c1-11(13-3-2-4-14(9-13)18(20,21)22)24-16(25)10-23-17(26)12-5-7-15(19)8-6-12/h2-9,11H,10H2,1H3,(H,23,26)(H,24,25). The van der Waals surface area contributed by atoms with E-state index in [0.29, 0.717) is 0 Å². The Morgan fingerprint density at radius 1 is 1.08 bits per heavy atom. The van der Waals surface area contributed by atoms with Crippen molar-refractivity contribution >= 4 is 11.8 Å². The number of nitrogens with one attached hydrogen (secondary N) is 2. The molecule has 0 saturated carbocycles. The molecule has 0 radical (unpaired) electrons. The van der Waals surface area contributed by atoms with E-state index in [0.717, 1.165) is 24.3 Å². The van der Waals surface area contributed by atoms with Gasteiger partial charge in [0.05, 0.1) is 18.2 Å². The monoisotopic (exact) mass is 368 g/mol. The lowest BCUT2D eigenvalue weighted by Gasteiger charge is -2.16. The highest BCUT2D eigenvalue weighted by Crippen LogP contribution is 2.30. The van der Waals surface area contributed by atoms with E-state index >= 15 is 0 Å². The number of benzene rings is 2. The first-order valence-corrected chi connectivity index (χ1v) is 7.67. The van der Waals surface area contributed by atoms with Crippen molar-refractivity contribution < 1.29 is 27.2 Å². The molecule has 26 heavy (non-hydrogen) atoms. The van der Waals surface area contributed by atoms with E-state index in [2.05, 4.69) is 10.6 Å². The summed E-state index contributed by atoms with van der Waals surface area (Å²) in [4.78, 5) is 23.7. The molecular formula is C18H16F4N2O2. The molecule has 0 saturated heterocycles. The lowest BCUT2D eigenvalue weighted by Crippen LogP contribution is -2.38. The molecule has 2 N–H and O–H groups in total. The quantitative estimate of drug-likeness (QED) is 0.795. The van der Waals surface area contributed by atoms with Gasteiger partial charge in [-0.1, -0.05) is 12.1 Å². The molecule has 2 rings (SSSR count). The van der Waals surface area contributed by atoms with Crippen LogP contribution in [0.2, 0.25) is 0 Å². The molecule has 0 aromatic heterocycles. The van der Waals surface area contributed by atoms with Gasteiger partial charge in [0.25, 0.3) is 5.91 Å². The van der Waals surface area contributed by atoms with Crippen LogP contribution in [0.1, 0.15) is 34.5 Å². The summed E-state index contributed by atoms with van der Waals surface area (Å²) >= 11 is 0. The van der Waals surface area contributed by atoms with Crippen LogP contribution in [0.5, 0.6) is 0 Å². The Balaban J connectivity index is 1.91. The molecule has 0 fully saturated rings. The lowest BCUT2D eigenvalue weighted by atomic mass is 10.0. The molecule has 8 heteroatoms. The Bertz CT molecular complexity index is 789. The van der Waals surface area contributed by atoms with Gasteiger partial charge in [0, 0.05) is 5.56 Å². The highest BCUT2D eigenvalue weighted by Gasteiger charge is 2.30. The van der Waals surface area contributed by atoms with Gasteiger partial charge in [-0.15, -0.1) is 0 Å². The first-order valence-electron chi connectivity index (χ1n) is 7.67. The summed E-state index contributed by atoms with van der Waals surface area (Å²) in [5.74, 6) is -1.62. The molecule has 4 nitrogen and oxygen atoms in total. The van der Waals surface area contributed by atoms with Crippen molar-refractivity contribution in [3.8, 4) is 0 Å². The van der Waals surface area contributed by atoms with Crippen LogP contribution in [0.3, 0.4) is 0 Å². The fourth-order valence-corrected chi connectivity index (χ4v) is 2.22. The average molecular weight is 368 g/mol. The molecule has 0 aliphatic heterocycles. The topological polar surface area (TPSA) is 58.2 Å². The van der Waals surface area contributed by atoms with Gasteiger partial charge in [0.1, 0.15) is 5.82 Å². The Morgan fingerprint density at radius 2 is 1.73 bits per heavy atom. The molecule has 0 bridgehead atoms. The van der Waals surface area contributed by atoms with Crippen LogP contribution in [-0.2, 0) is 11.0 Å². The Morgan fingerprint density at radius 3 is 2.35 bits per heavy atom. The maximum absolute atomic E-state index is 12.8. The Hall–Kier alpha value is -2.90. The van der Waals surface area contributed by atoms with Gasteiger partial charge >= 0.3 is 6.18 Å². The zero-order valence-corrected chi connectivity index (χ0v) is 13.7. The predicted molar refractivity (Wildman–Crippen MR) is 86.7 cm³/mol. The number of halogens is 4. The normalized spacial score (nSPS) is 12.3. The highest BCUT2D eigenvalue weighted by atomic mass is 19.4. The molecule has 138 valence electrons. The first-order chi connectivity index (χ1) is 12.2. The molecule has 1 atom stereocenters. The summed E-state index contributed by atoms with van der Waals surface area (Å²) in [5, 5.41) is 4.87. The van der Waals surface area contributed by atoms with Crippen molar-refractivity contribution in [3.63, 3.8) is 0 Å². The minimum atomic E-state index is -4.47. The molecule has 0 heterocycles. The van der Waals surface area contributed by atoms with Crippen molar-refractivity contribution in [1.82, 2.24) is 10.6 Å². The van der Waals surface area contributed by atoms with Gasteiger partial charge in [-0.25, -0.2) is 4.39 Å². The molecular weight excluding hydrogens is 352 g/mol. The second kappa shape index (κ2) is 7.99. The summed E-state index contributed by atoms with van der Waals surface area (Å²) < 4.78 is 51.0. The van der Waals surface area contributed by atoms with E-state index in [1.54, 1.807) is 0 Å². The van der Waals surface area contributed by atoms with Crippen LogP contribution in [0.4, 0.5) is 17.6 Å². The smallest absolute Gasteiger partial charge is 0.348 e. The van der Waals surface area contributed by atoms with Gasteiger partial charge in [-0.3, -0.25) is 9.59 Å². The van der Waals surface area contributed by atoms with Crippen molar-refractivity contribution in [2.45, 2.75) is 19.1 Å². The summed E-state index contributed by atoms with van der Waals surface area (Å²) in [6.07, 6.45) is -4.47. The van der Waals surface area contributed by atoms with Crippen LogP contribution < -0.4 is 10.6 Å². The molecule has 0 aliphatic carbocycles. The Labute approximate surface area is 147 Å². The van der Waals surface area contributed by atoms with E-state index in [9.17, 15) is 27.2 Å². The van der Waals surface area contributed by atoms with Crippen LogP contribution in [-0.4, -0.2) is 18.4 Å².